The van der Waals surface area contributed by atoms with Crippen molar-refractivity contribution in [3.63, 3.8) is 0 Å². The van der Waals surface area contributed by atoms with Crippen LogP contribution in [0.15, 0.2) is 24.3 Å². The van der Waals surface area contributed by atoms with Crippen LogP contribution >= 0.6 is 24.5 Å². The molecule has 0 saturated heterocycles. The number of ketones is 1. The number of halogens is 1. The van der Waals surface area contributed by atoms with Crippen LogP contribution in [0.1, 0.15) is 51.0 Å². The van der Waals surface area contributed by atoms with Gasteiger partial charge in [-0.3, -0.25) is 4.79 Å². The van der Waals surface area contributed by atoms with Crippen molar-refractivity contribution in [3.05, 3.63) is 34.9 Å². The first kappa shape index (κ1) is 20.5. The van der Waals surface area contributed by atoms with Crippen molar-refractivity contribution in [2.24, 2.45) is 5.73 Å². The van der Waals surface area contributed by atoms with Gasteiger partial charge in [0.1, 0.15) is 5.78 Å². The molecule has 0 spiro atoms. The topological polar surface area (TPSA) is 52.3 Å². The molecule has 0 amide bonds. The molecule has 1 fully saturated rings. The summed E-state index contributed by atoms with van der Waals surface area (Å²) in [4.78, 5) is 11.7. The SMILES string of the molecule is CC(C)OS.CN.O=C1CCCCC1c1ccccc1Cl. The van der Waals surface area contributed by atoms with E-state index in [1.54, 1.807) is 0 Å². The zero-order chi connectivity index (χ0) is 16.3. The van der Waals surface area contributed by atoms with Gasteiger partial charge in [-0.25, -0.2) is 0 Å². The average Bonchev–Trinajstić information content (AvgIpc) is 2.51. The summed E-state index contributed by atoms with van der Waals surface area (Å²) in [6, 6.07) is 7.68. The molecule has 5 heteroatoms. The number of benzene rings is 1. The lowest BCUT2D eigenvalue weighted by molar-refractivity contribution is -0.121. The molecule has 1 aliphatic rings. The van der Waals surface area contributed by atoms with E-state index in [0.717, 1.165) is 36.3 Å². The van der Waals surface area contributed by atoms with Gasteiger partial charge in [0.05, 0.1) is 6.10 Å². The fourth-order valence-corrected chi connectivity index (χ4v) is 2.34. The van der Waals surface area contributed by atoms with Gasteiger partial charge in [0.2, 0.25) is 0 Å². The highest BCUT2D eigenvalue weighted by Gasteiger charge is 2.24. The van der Waals surface area contributed by atoms with Crippen molar-refractivity contribution in [2.45, 2.75) is 51.6 Å². The van der Waals surface area contributed by atoms with Crippen LogP contribution in [0.2, 0.25) is 5.02 Å². The third kappa shape index (κ3) is 7.86. The molecule has 0 radical (unpaired) electrons. The van der Waals surface area contributed by atoms with Gasteiger partial charge in [-0.2, -0.15) is 0 Å². The highest BCUT2D eigenvalue weighted by molar-refractivity contribution is 7.75. The van der Waals surface area contributed by atoms with Gasteiger partial charge in [0.15, 0.2) is 0 Å². The summed E-state index contributed by atoms with van der Waals surface area (Å²) in [6.07, 6.45) is 4.11. The lowest BCUT2D eigenvalue weighted by atomic mass is 9.83. The summed E-state index contributed by atoms with van der Waals surface area (Å²) >= 11 is 9.59. The van der Waals surface area contributed by atoms with Crippen LogP contribution in [0.3, 0.4) is 0 Å². The number of nitrogens with two attached hydrogens (primary N) is 1. The minimum atomic E-state index is 0.0532. The molecule has 120 valence electrons. The van der Waals surface area contributed by atoms with Crippen LogP contribution in [0.25, 0.3) is 0 Å². The first-order chi connectivity index (χ1) is 10.1. The van der Waals surface area contributed by atoms with E-state index >= 15 is 0 Å². The number of hydrogen-bond acceptors (Lipinski definition) is 4. The monoisotopic (exact) mass is 331 g/mol. The van der Waals surface area contributed by atoms with Gasteiger partial charge >= 0.3 is 0 Å². The zero-order valence-corrected chi connectivity index (χ0v) is 14.7. The van der Waals surface area contributed by atoms with E-state index < -0.39 is 0 Å². The molecular formula is C16H26ClNO2S. The third-order valence-electron chi connectivity index (χ3n) is 3.05. The fourth-order valence-electron chi connectivity index (χ4n) is 2.07. The summed E-state index contributed by atoms with van der Waals surface area (Å²) in [5, 5.41) is 0.729. The lowest BCUT2D eigenvalue weighted by Crippen LogP contribution is -2.17. The highest BCUT2D eigenvalue weighted by atomic mass is 35.5. The normalized spacial score (nSPS) is 17.5. The van der Waals surface area contributed by atoms with Crippen molar-refractivity contribution in [1.82, 2.24) is 0 Å². The van der Waals surface area contributed by atoms with Crippen molar-refractivity contribution < 1.29 is 8.98 Å². The Morgan fingerprint density at radius 3 is 2.33 bits per heavy atom. The summed E-state index contributed by atoms with van der Waals surface area (Å²) in [5.74, 6) is 0.404. The Kier molecular flexibility index (Phi) is 11.7. The fraction of sp³-hybridized carbons (Fsp3) is 0.562. The van der Waals surface area contributed by atoms with Crippen LogP contribution in [-0.2, 0) is 8.98 Å². The zero-order valence-electron chi connectivity index (χ0n) is 13.0. The molecule has 0 bridgehead atoms. The Morgan fingerprint density at radius 2 is 1.86 bits per heavy atom. The maximum Gasteiger partial charge on any atom is 0.140 e. The van der Waals surface area contributed by atoms with Gasteiger partial charge in [-0.05, 0) is 58.3 Å². The predicted molar refractivity (Wildman–Crippen MR) is 93.0 cm³/mol. The number of Topliss-reactive ketones (excluding diaryl/α,β-unsaturated/α-hetero) is 1. The van der Waals surface area contributed by atoms with E-state index in [2.05, 4.69) is 22.8 Å². The Bertz CT molecular complexity index is 413. The first-order valence-electron chi connectivity index (χ1n) is 7.21. The van der Waals surface area contributed by atoms with Gasteiger partial charge in [-0.15, -0.1) is 0 Å². The van der Waals surface area contributed by atoms with E-state index in [4.69, 9.17) is 11.6 Å². The van der Waals surface area contributed by atoms with Crippen molar-refractivity contribution in [2.75, 3.05) is 7.05 Å². The van der Waals surface area contributed by atoms with Gasteiger partial charge in [0.25, 0.3) is 0 Å². The maximum absolute atomic E-state index is 11.7. The molecule has 1 atom stereocenters. The number of carbonyl (C=O) groups is 1. The number of thiol groups is 1. The van der Waals surface area contributed by atoms with Crippen LogP contribution in [0, 0.1) is 0 Å². The molecule has 3 nitrogen and oxygen atoms in total. The molecule has 21 heavy (non-hydrogen) atoms. The summed E-state index contributed by atoms with van der Waals surface area (Å²) in [7, 11) is 1.50. The first-order valence-corrected chi connectivity index (χ1v) is 7.95. The molecule has 1 saturated carbocycles. The number of carbonyl (C=O) groups excluding carboxylic acids is 1. The van der Waals surface area contributed by atoms with Gasteiger partial charge < -0.3 is 9.92 Å². The standard InChI is InChI=1S/C12H13ClO.C3H8OS.CH5N/c13-11-7-3-1-5-9(11)10-6-2-4-8-12(10)14;1-3(2)4-5;1-2/h1,3,5,7,10H,2,4,6,8H2;3,5H,1-2H3;2H2,1H3. The Labute approximate surface area is 138 Å². The predicted octanol–water partition coefficient (Wildman–Crippen LogP) is 4.40. The molecule has 1 unspecified atom stereocenters. The Balaban J connectivity index is 0.000000489. The van der Waals surface area contributed by atoms with Crippen LogP contribution in [0.5, 0.6) is 0 Å². The Hall–Kier alpha value is -0.550. The third-order valence-corrected chi connectivity index (χ3v) is 3.81. The van der Waals surface area contributed by atoms with Crippen molar-refractivity contribution in [3.8, 4) is 0 Å². The second kappa shape index (κ2) is 12.0. The second-order valence-electron chi connectivity index (χ2n) is 4.94. The molecule has 0 aliphatic heterocycles. The molecule has 0 aromatic heterocycles. The molecule has 2 N–H and O–H groups in total. The summed E-state index contributed by atoms with van der Waals surface area (Å²) in [6.45, 7) is 3.85. The number of rotatable bonds is 2. The summed E-state index contributed by atoms with van der Waals surface area (Å²) in [5.41, 5.74) is 5.51. The van der Waals surface area contributed by atoms with E-state index in [-0.39, 0.29) is 12.0 Å². The van der Waals surface area contributed by atoms with Crippen LogP contribution in [-0.4, -0.2) is 18.9 Å². The average molecular weight is 332 g/mol. The van der Waals surface area contributed by atoms with Crippen LogP contribution < -0.4 is 5.73 Å². The van der Waals surface area contributed by atoms with Crippen LogP contribution in [0.4, 0.5) is 0 Å². The second-order valence-corrected chi connectivity index (χ2v) is 5.56. The van der Waals surface area contributed by atoms with Gasteiger partial charge in [0, 0.05) is 17.4 Å². The van der Waals surface area contributed by atoms with E-state index in [9.17, 15) is 4.79 Å². The highest BCUT2D eigenvalue weighted by Crippen LogP contribution is 2.33. The maximum atomic E-state index is 11.7. The van der Waals surface area contributed by atoms with Crippen molar-refractivity contribution in [1.29, 1.82) is 0 Å². The molecule has 1 aromatic carbocycles. The van der Waals surface area contributed by atoms with E-state index in [1.165, 1.54) is 7.05 Å². The minimum absolute atomic E-state index is 0.0532. The van der Waals surface area contributed by atoms with E-state index in [1.807, 2.05) is 38.1 Å². The van der Waals surface area contributed by atoms with Crippen molar-refractivity contribution >= 4 is 30.3 Å². The quantitative estimate of drug-likeness (QED) is 0.624. The lowest BCUT2D eigenvalue weighted by Gasteiger charge is -2.21. The summed E-state index contributed by atoms with van der Waals surface area (Å²) < 4.78 is 4.44. The largest absolute Gasteiger partial charge is 0.333 e. The Morgan fingerprint density at radius 1 is 1.29 bits per heavy atom. The minimum Gasteiger partial charge on any atom is -0.333 e. The number of hydrogen-bond donors (Lipinski definition) is 2. The molecular weight excluding hydrogens is 306 g/mol. The molecule has 2 rings (SSSR count). The van der Waals surface area contributed by atoms with E-state index in [0.29, 0.717) is 5.78 Å². The molecule has 1 aliphatic carbocycles. The smallest absolute Gasteiger partial charge is 0.140 e. The van der Waals surface area contributed by atoms with Gasteiger partial charge in [-0.1, -0.05) is 36.2 Å². The molecule has 1 aromatic rings. The molecule has 0 heterocycles.